The van der Waals surface area contributed by atoms with Crippen LogP contribution in [0.2, 0.25) is 0 Å². The lowest BCUT2D eigenvalue weighted by atomic mass is 10.2. The van der Waals surface area contributed by atoms with Gasteiger partial charge in [0.1, 0.15) is 0 Å². The van der Waals surface area contributed by atoms with Gasteiger partial charge in [-0.3, -0.25) is 0 Å². The highest BCUT2D eigenvalue weighted by Gasteiger charge is 2.15. The van der Waals surface area contributed by atoms with Crippen molar-refractivity contribution in [1.29, 1.82) is 0 Å². The van der Waals surface area contributed by atoms with Gasteiger partial charge in [0.15, 0.2) is 6.20 Å². The number of nitrogens with zero attached hydrogens (tertiary/aromatic N) is 1. The van der Waals surface area contributed by atoms with Gasteiger partial charge in [-0.05, 0) is 12.1 Å². The smallest absolute Gasteiger partial charge is 0.425 e. The Kier molecular flexibility index (Phi) is 3.98. The van der Waals surface area contributed by atoms with Crippen LogP contribution in [0.4, 0.5) is 0 Å². The van der Waals surface area contributed by atoms with Gasteiger partial charge < -0.3 is 17.0 Å². The Morgan fingerprint density at radius 3 is 2.50 bits per heavy atom. The second kappa shape index (κ2) is 5.02. The van der Waals surface area contributed by atoms with Crippen LogP contribution in [0.1, 0.15) is 10.4 Å². The molecule has 1 aromatic carbocycles. The van der Waals surface area contributed by atoms with E-state index in [1.165, 1.54) is 11.3 Å². The Balaban J connectivity index is 0.000000980. The molecule has 1 aromatic heterocycles. The minimum Gasteiger partial charge on any atom is -1.00 e. The fourth-order valence-corrected chi connectivity index (χ4v) is 1.65. The fraction of sp³-hybridized carbons (Fsp3) is 0. The Morgan fingerprint density at radius 1 is 1.21 bits per heavy atom. The van der Waals surface area contributed by atoms with Crippen LogP contribution in [0.5, 0.6) is 0 Å². The molecular formula is C10H8BrNOS. The van der Waals surface area contributed by atoms with Crippen molar-refractivity contribution in [1.82, 2.24) is 0 Å². The van der Waals surface area contributed by atoms with E-state index < -0.39 is 0 Å². The first kappa shape index (κ1) is 11.1. The Labute approximate surface area is 96.6 Å². The molecule has 2 aromatic rings. The molecule has 0 aliphatic rings. The summed E-state index contributed by atoms with van der Waals surface area (Å²) in [4.78, 5) is 11.7. The summed E-state index contributed by atoms with van der Waals surface area (Å²) < 4.78 is 1.58. The molecule has 4 heteroatoms. The van der Waals surface area contributed by atoms with Gasteiger partial charge in [-0.25, -0.2) is 4.79 Å². The summed E-state index contributed by atoms with van der Waals surface area (Å²) >= 11 is 1.50. The molecular weight excluding hydrogens is 262 g/mol. The van der Waals surface area contributed by atoms with Gasteiger partial charge in [0.2, 0.25) is 5.51 Å². The Bertz CT molecular complexity index is 399. The number of benzene rings is 1. The van der Waals surface area contributed by atoms with E-state index in [2.05, 4.69) is 0 Å². The highest BCUT2D eigenvalue weighted by molar-refractivity contribution is 7.07. The molecule has 0 radical (unpaired) electrons. The normalized spacial score (nSPS) is 9.14. The van der Waals surface area contributed by atoms with Crippen molar-refractivity contribution >= 4 is 17.2 Å². The fourth-order valence-electron chi connectivity index (χ4n) is 1.08. The van der Waals surface area contributed by atoms with E-state index in [9.17, 15) is 4.79 Å². The summed E-state index contributed by atoms with van der Waals surface area (Å²) in [6.07, 6.45) is 1.76. The van der Waals surface area contributed by atoms with Gasteiger partial charge in [0.05, 0.1) is 10.9 Å². The predicted octanol–water partition coefficient (Wildman–Crippen LogP) is -1.27. The van der Waals surface area contributed by atoms with Crippen molar-refractivity contribution in [2.75, 3.05) is 0 Å². The van der Waals surface area contributed by atoms with Crippen molar-refractivity contribution in [3.05, 3.63) is 53.0 Å². The highest BCUT2D eigenvalue weighted by atomic mass is 79.9. The Hall–Kier alpha value is -1.00. The summed E-state index contributed by atoms with van der Waals surface area (Å²) in [5.41, 5.74) is 2.50. The van der Waals surface area contributed by atoms with Crippen molar-refractivity contribution < 1.29 is 26.3 Å². The maximum Gasteiger partial charge on any atom is 0.425 e. The van der Waals surface area contributed by atoms with Gasteiger partial charge in [0, 0.05) is 0 Å². The van der Waals surface area contributed by atoms with Gasteiger partial charge in [0.25, 0.3) is 0 Å². The van der Waals surface area contributed by atoms with Crippen LogP contribution in [0.3, 0.4) is 0 Å². The van der Waals surface area contributed by atoms with Gasteiger partial charge in [-0.15, -0.1) is 4.57 Å². The number of carbonyl (C=O) groups excluding carboxylic acids is 1. The third-order valence-corrected chi connectivity index (χ3v) is 2.36. The average molecular weight is 270 g/mol. The molecule has 0 atom stereocenters. The molecule has 0 amide bonds. The van der Waals surface area contributed by atoms with Crippen molar-refractivity contribution in [3.63, 3.8) is 0 Å². The lowest BCUT2D eigenvalue weighted by Crippen LogP contribution is -3.00. The standard InChI is InChI=1S/C10H8NOS.BrH/c12-10(11-6-7-13-8-11)9-4-2-1-3-5-9;/h1-8H;1H/q+1;/p-1. The first-order valence-corrected chi connectivity index (χ1v) is 4.85. The van der Waals surface area contributed by atoms with Crippen LogP contribution in [-0.4, -0.2) is 5.91 Å². The number of carbonyl (C=O) groups is 1. The zero-order chi connectivity index (χ0) is 9.10. The minimum atomic E-state index is 0. The lowest BCUT2D eigenvalue weighted by molar-refractivity contribution is -0.565. The van der Waals surface area contributed by atoms with Crippen LogP contribution in [0, 0.1) is 0 Å². The Morgan fingerprint density at radius 2 is 1.93 bits per heavy atom. The zero-order valence-electron chi connectivity index (χ0n) is 7.26. The number of thiazole rings is 1. The molecule has 0 fully saturated rings. The van der Waals surface area contributed by atoms with Crippen LogP contribution < -0.4 is 21.5 Å². The van der Waals surface area contributed by atoms with Gasteiger partial charge in [-0.1, -0.05) is 29.5 Å². The molecule has 0 saturated carbocycles. The highest BCUT2D eigenvalue weighted by Crippen LogP contribution is 1.98. The van der Waals surface area contributed by atoms with E-state index in [0.717, 1.165) is 0 Å². The molecule has 0 aliphatic carbocycles. The third kappa shape index (κ3) is 2.27. The molecule has 0 N–H and O–H groups in total. The molecule has 0 aliphatic heterocycles. The van der Waals surface area contributed by atoms with Crippen LogP contribution in [0.25, 0.3) is 0 Å². The third-order valence-electron chi connectivity index (χ3n) is 1.73. The van der Waals surface area contributed by atoms with Crippen molar-refractivity contribution in [3.8, 4) is 0 Å². The topological polar surface area (TPSA) is 20.9 Å². The molecule has 0 spiro atoms. The van der Waals surface area contributed by atoms with E-state index in [4.69, 9.17) is 0 Å². The van der Waals surface area contributed by atoms with Crippen LogP contribution in [-0.2, 0) is 0 Å². The summed E-state index contributed by atoms with van der Waals surface area (Å²) in [6.45, 7) is 0. The van der Waals surface area contributed by atoms with Crippen LogP contribution in [0.15, 0.2) is 47.4 Å². The number of hydrogen-bond donors (Lipinski definition) is 0. The van der Waals surface area contributed by atoms with E-state index in [0.29, 0.717) is 5.56 Å². The average Bonchev–Trinajstić information content (AvgIpc) is 2.71. The summed E-state index contributed by atoms with van der Waals surface area (Å²) in [6, 6.07) is 9.25. The molecule has 0 bridgehead atoms. The minimum absolute atomic E-state index is 0. The lowest BCUT2D eigenvalue weighted by Gasteiger charge is -1.90. The number of halogens is 1. The van der Waals surface area contributed by atoms with Crippen molar-refractivity contribution in [2.45, 2.75) is 0 Å². The predicted molar refractivity (Wildman–Crippen MR) is 50.7 cm³/mol. The second-order valence-corrected chi connectivity index (χ2v) is 3.36. The van der Waals surface area contributed by atoms with E-state index in [-0.39, 0.29) is 22.9 Å². The summed E-state index contributed by atoms with van der Waals surface area (Å²) in [5.74, 6) is 0.0156. The first-order chi connectivity index (χ1) is 6.38. The van der Waals surface area contributed by atoms with E-state index in [1.807, 2.05) is 35.7 Å². The maximum atomic E-state index is 11.7. The first-order valence-electron chi connectivity index (χ1n) is 3.91. The van der Waals surface area contributed by atoms with Crippen LogP contribution >= 0.6 is 11.3 Å². The molecule has 14 heavy (non-hydrogen) atoms. The molecule has 0 saturated heterocycles. The number of rotatable bonds is 1. The molecule has 2 rings (SSSR count). The van der Waals surface area contributed by atoms with E-state index >= 15 is 0 Å². The SMILES string of the molecule is O=C(c1ccccc1)[n+]1ccsc1.[Br-]. The summed E-state index contributed by atoms with van der Waals surface area (Å²) in [5, 5.41) is 1.88. The van der Waals surface area contributed by atoms with Gasteiger partial charge in [-0.2, -0.15) is 0 Å². The monoisotopic (exact) mass is 269 g/mol. The zero-order valence-corrected chi connectivity index (χ0v) is 9.66. The van der Waals surface area contributed by atoms with E-state index in [1.54, 1.807) is 16.3 Å². The molecule has 2 nitrogen and oxygen atoms in total. The molecule has 72 valence electrons. The largest absolute Gasteiger partial charge is 1.00 e. The quantitative estimate of drug-likeness (QED) is 0.592. The molecule has 1 heterocycles. The molecule has 0 unspecified atom stereocenters. The maximum absolute atomic E-state index is 11.7. The van der Waals surface area contributed by atoms with Gasteiger partial charge >= 0.3 is 5.91 Å². The summed E-state index contributed by atoms with van der Waals surface area (Å²) in [7, 11) is 0. The number of aromatic nitrogens is 1. The number of hydrogen-bond acceptors (Lipinski definition) is 2. The second-order valence-electron chi connectivity index (χ2n) is 2.61. The van der Waals surface area contributed by atoms with Crippen molar-refractivity contribution in [2.24, 2.45) is 0 Å².